The fourth-order valence-corrected chi connectivity index (χ4v) is 4.92. The topological polar surface area (TPSA) is 113 Å². The SMILES string of the molecule is CC(C)OC(=O)Nc1ccc(-c2cnc(C3CCC(NC(=O)OC(C)C)CC3)s2)c(C#N)c1. The van der Waals surface area contributed by atoms with Gasteiger partial charge in [0.25, 0.3) is 0 Å². The number of nitrogens with zero attached hydrogens (tertiary/aromatic N) is 2. The van der Waals surface area contributed by atoms with E-state index in [4.69, 9.17) is 9.47 Å². The number of benzene rings is 1. The van der Waals surface area contributed by atoms with E-state index in [1.807, 2.05) is 19.9 Å². The smallest absolute Gasteiger partial charge is 0.411 e. The largest absolute Gasteiger partial charge is 0.447 e. The molecule has 9 heteroatoms. The molecule has 1 aromatic heterocycles. The van der Waals surface area contributed by atoms with E-state index in [1.54, 1.807) is 43.5 Å². The lowest BCUT2D eigenvalue weighted by Crippen LogP contribution is -2.38. The molecule has 176 valence electrons. The summed E-state index contributed by atoms with van der Waals surface area (Å²) in [6.07, 6.45) is 4.17. The third-order valence-corrected chi connectivity index (χ3v) is 6.45. The lowest BCUT2D eigenvalue weighted by atomic mass is 9.86. The third kappa shape index (κ3) is 6.93. The van der Waals surface area contributed by atoms with Crippen LogP contribution in [0.25, 0.3) is 10.4 Å². The quantitative estimate of drug-likeness (QED) is 0.552. The van der Waals surface area contributed by atoms with Crippen molar-refractivity contribution in [1.29, 1.82) is 5.26 Å². The molecule has 1 aliphatic rings. The summed E-state index contributed by atoms with van der Waals surface area (Å²) in [5.41, 5.74) is 1.76. The summed E-state index contributed by atoms with van der Waals surface area (Å²) in [4.78, 5) is 29.2. The zero-order valence-electron chi connectivity index (χ0n) is 19.4. The van der Waals surface area contributed by atoms with Gasteiger partial charge in [0.15, 0.2) is 0 Å². The number of anilines is 1. The molecular formula is C24H30N4O4S. The van der Waals surface area contributed by atoms with E-state index in [2.05, 4.69) is 21.7 Å². The summed E-state index contributed by atoms with van der Waals surface area (Å²) in [6, 6.07) is 7.55. The van der Waals surface area contributed by atoms with Crippen molar-refractivity contribution in [2.45, 2.75) is 77.5 Å². The van der Waals surface area contributed by atoms with Crippen LogP contribution in [-0.4, -0.2) is 35.4 Å². The minimum absolute atomic E-state index is 0.125. The minimum Gasteiger partial charge on any atom is -0.447 e. The van der Waals surface area contributed by atoms with Gasteiger partial charge in [-0.3, -0.25) is 5.32 Å². The van der Waals surface area contributed by atoms with E-state index in [9.17, 15) is 14.9 Å². The second-order valence-electron chi connectivity index (χ2n) is 8.66. The zero-order valence-corrected chi connectivity index (χ0v) is 20.2. The normalized spacial score (nSPS) is 18.0. The van der Waals surface area contributed by atoms with E-state index in [0.29, 0.717) is 17.2 Å². The average Bonchev–Trinajstić information content (AvgIpc) is 3.23. The standard InChI is InChI=1S/C24H30N4O4S/c1-14(2)31-23(29)27-18-7-5-16(6-8-18)22-26-13-21(33-22)20-10-9-19(11-17(20)12-25)28-24(30)32-15(3)4/h9-11,13-16,18H,5-8H2,1-4H3,(H,27,29)(H,28,30). The summed E-state index contributed by atoms with van der Waals surface area (Å²) >= 11 is 1.59. The van der Waals surface area contributed by atoms with Crippen LogP contribution in [0.15, 0.2) is 24.4 Å². The lowest BCUT2D eigenvalue weighted by molar-refractivity contribution is 0.109. The fraction of sp³-hybridized carbons (Fsp3) is 0.500. The molecule has 8 nitrogen and oxygen atoms in total. The minimum atomic E-state index is -0.552. The molecule has 1 aliphatic carbocycles. The van der Waals surface area contributed by atoms with Crippen molar-refractivity contribution < 1.29 is 19.1 Å². The number of aromatic nitrogens is 1. The Hall–Kier alpha value is -3.12. The maximum absolute atomic E-state index is 11.8. The first-order valence-electron chi connectivity index (χ1n) is 11.2. The number of hydrogen-bond acceptors (Lipinski definition) is 7. The van der Waals surface area contributed by atoms with Gasteiger partial charge in [-0.15, -0.1) is 11.3 Å². The van der Waals surface area contributed by atoms with Crippen molar-refractivity contribution in [2.75, 3.05) is 5.32 Å². The monoisotopic (exact) mass is 470 g/mol. The van der Waals surface area contributed by atoms with E-state index in [-0.39, 0.29) is 24.3 Å². The van der Waals surface area contributed by atoms with Crippen molar-refractivity contribution in [1.82, 2.24) is 10.3 Å². The number of hydrogen-bond donors (Lipinski definition) is 2. The molecule has 0 aliphatic heterocycles. The molecule has 2 N–H and O–H groups in total. The van der Waals surface area contributed by atoms with E-state index in [1.165, 1.54) is 0 Å². The Labute approximate surface area is 198 Å². The molecule has 0 spiro atoms. The van der Waals surface area contributed by atoms with Gasteiger partial charge in [0.05, 0.1) is 33.7 Å². The van der Waals surface area contributed by atoms with Crippen LogP contribution in [0.3, 0.4) is 0 Å². The van der Waals surface area contributed by atoms with Crippen LogP contribution in [-0.2, 0) is 9.47 Å². The van der Waals surface area contributed by atoms with Crippen molar-refractivity contribution in [3.63, 3.8) is 0 Å². The number of ether oxygens (including phenoxy) is 2. The fourth-order valence-electron chi connectivity index (χ4n) is 3.79. The number of alkyl carbamates (subject to hydrolysis) is 1. The second-order valence-corrected chi connectivity index (χ2v) is 9.72. The van der Waals surface area contributed by atoms with E-state index >= 15 is 0 Å². The van der Waals surface area contributed by atoms with Gasteiger partial charge in [0.1, 0.15) is 0 Å². The number of thiazole rings is 1. The molecule has 2 amide bonds. The molecule has 1 fully saturated rings. The first-order chi connectivity index (χ1) is 15.7. The first kappa shape index (κ1) is 24.5. The van der Waals surface area contributed by atoms with Gasteiger partial charge >= 0.3 is 12.2 Å². The van der Waals surface area contributed by atoms with Crippen molar-refractivity contribution >= 4 is 29.2 Å². The van der Waals surface area contributed by atoms with Crippen molar-refractivity contribution in [2.24, 2.45) is 0 Å². The lowest BCUT2D eigenvalue weighted by Gasteiger charge is -2.28. The molecule has 0 bridgehead atoms. The van der Waals surface area contributed by atoms with Crippen LogP contribution in [0, 0.1) is 11.3 Å². The number of amides is 2. The predicted molar refractivity (Wildman–Crippen MR) is 127 cm³/mol. The van der Waals surface area contributed by atoms with Crippen LogP contribution in [0.4, 0.5) is 15.3 Å². The van der Waals surface area contributed by atoms with Crippen molar-refractivity contribution in [3.8, 4) is 16.5 Å². The molecule has 1 saturated carbocycles. The Bertz CT molecular complexity index is 1020. The Kier molecular flexibility index (Phi) is 8.28. The Balaban J connectivity index is 1.63. The highest BCUT2D eigenvalue weighted by atomic mass is 32.1. The molecule has 33 heavy (non-hydrogen) atoms. The second kappa shape index (κ2) is 11.1. The summed E-state index contributed by atoms with van der Waals surface area (Å²) in [5, 5.41) is 16.3. The maximum atomic E-state index is 11.8. The van der Waals surface area contributed by atoms with Crippen LogP contribution in [0.2, 0.25) is 0 Å². The molecule has 1 aromatic carbocycles. The van der Waals surface area contributed by atoms with E-state index < -0.39 is 6.09 Å². The van der Waals surface area contributed by atoms with Gasteiger partial charge in [-0.25, -0.2) is 14.6 Å². The Morgan fingerprint density at radius 3 is 2.39 bits per heavy atom. The van der Waals surface area contributed by atoms with E-state index in [0.717, 1.165) is 41.1 Å². The number of rotatable bonds is 6. The van der Waals surface area contributed by atoms with Crippen molar-refractivity contribution in [3.05, 3.63) is 35.0 Å². The summed E-state index contributed by atoms with van der Waals surface area (Å²) in [7, 11) is 0. The highest BCUT2D eigenvalue weighted by Gasteiger charge is 2.26. The highest BCUT2D eigenvalue weighted by molar-refractivity contribution is 7.15. The van der Waals surface area contributed by atoms with Gasteiger partial charge in [0.2, 0.25) is 0 Å². The molecule has 0 atom stereocenters. The van der Waals surface area contributed by atoms with Gasteiger partial charge in [-0.05, 0) is 65.5 Å². The summed E-state index contributed by atoms with van der Waals surface area (Å²) < 4.78 is 10.3. The number of nitriles is 1. The van der Waals surface area contributed by atoms with Gasteiger partial charge in [0, 0.05) is 29.4 Å². The molecule has 0 saturated heterocycles. The van der Waals surface area contributed by atoms with Crippen LogP contribution in [0.1, 0.15) is 69.9 Å². The Morgan fingerprint density at radius 1 is 1.09 bits per heavy atom. The molecule has 0 unspecified atom stereocenters. The molecule has 2 aromatic rings. The number of nitrogens with one attached hydrogen (secondary N) is 2. The summed E-state index contributed by atoms with van der Waals surface area (Å²) in [5.74, 6) is 0.334. The summed E-state index contributed by atoms with van der Waals surface area (Å²) in [6.45, 7) is 7.21. The van der Waals surface area contributed by atoms with Crippen LogP contribution >= 0.6 is 11.3 Å². The average molecular weight is 471 g/mol. The van der Waals surface area contributed by atoms with Gasteiger partial charge in [-0.2, -0.15) is 5.26 Å². The third-order valence-electron chi connectivity index (χ3n) is 5.26. The zero-order chi connectivity index (χ0) is 24.0. The van der Waals surface area contributed by atoms with Gasteiger partial charge in [-0.1, -0.05) is 6.07 Å². The maximum Gasteiger partial charge on any atom is 0.411 e. The molecular weight excluding hydrogens is 440 g/mol. The first-order valence-corrected chi connectivity index (χ1v) is 12.0. The number of carbonyl (C=O) groups excluding carboxylic acids is 2. The van der Waals surface area contributed by atoms with Crippen LogP contribution < -0.4 is 10.6 Å². The van der Waals surface area contributed by atoms with Crippen LogP contribution in [0.5, 0.6) is 0 Å². The molecule has 0 radical (unpaired) electrons. The number of carbonyl (C=O) groups is 2. The van der Waals surface area contributed by atoms with Gasteiger partial charge < -0.3 is 14.8 Å². The molecule has 3 rings (SSSR count). The Morgan fingerprint density at radius 2 is 1.76 bits per heavy atom. The highest BCUT2D eigenvalue weighted by Crippen LogP contribution is 2.38. The predicted octanol–water partition coefficient (Wildman–Crippen LogP) is 5.80. The molecule has 1 heterocycles.